The second-order valence-electron chi connectivity index (χ2n) is 4.08. The molecule has 0 aromatic heterocycles. The smallest absolute Gasteiger partial charge is 0.132 e. The zero-order valence-electron chi connectivity index (χ0n) is 7.97. The summed E-state index contributed by atoms with van der Waals surface area (Å²) in [6, 6.07) is -2.14. The predicted molar refractivity (Wildman–Crippen MR) is 49.0 cm³/mol. The van der Waals surface area contributed by atoms with E-state index in [-0.39, 0.29) is 13.2 Å². The lowest BCUT2D eigenvalue weighted by atomic mass is 10.0. The van der Waals surface area contributed by atoms with Gasteiger partial charge in [0, 0.05) is 6.54 Å². The summed E-state index contributed by atoms with van der Waals surface area (Å²) in [5.74, 6) is 0. The monoisotopic (exact) mass is 218 g/mol. The molecule has 0 spiro atoms. The molecule has 2 saturated heterocycles. The van der Waals surface area contributed by atoms with Crippen LogP contribution in [-0.2, 0) is 0 Å². The first-order valence-electron chi connectivity index (χ1n) is 4.85. The largest absolute Gasteiger partial charge is 0.395 e. The van der Waals surface area contributed by atoms with Gasteiger partial charge in [0.25, 0.3) is 0 Å². The van der Waals surface area contributed by atoms with Crippen molar-refractivity contribution < 1.29 is 20.4 Å². The van der Waals surface area contributed by atoms with E-state index >= 15 is 0 Å². The summed E-state index contributed by atoms with van der Waals surface area (Å²) in [6.07, 6.45) is -3.32. The van der Waals surface area contributed by atoms with Crippen molar-refractivity contribution in [3.05, 3.63) is 4.91 Å². The van der Waals surface area contributed by atoms with Crippen LogP contribution in [0, 0.1) is 4.91 Å². The second-order valence-corrected chi connectivity index (χ2v) is 4.08. The molecule has 0 aromatic carbocycles. The highest BCUT2D eigenvalue weighted by atomic mass is 16.3. The van der Waals surface area contributed by atoms with Gasteiger partial charge in [-0.25, -0.2) is 0 Å². The fourth-order valence-electron chi connectivity index (χ4n) is 2.56. The van der Waals surface area contributed by atoms with Crippen LogP contribution < -0.4 is 0 Å². The summed E-state index contributed by atoms with van der Waals surface area (Å²) in [7, 11) is 0. The molecule has 7 heteroatoms. The molecule has 2 rings (SSSR count). The van der Waals surface area contributed by atoms with Crippen LogP contribution in [0.1, 0.15) is 0 Å². The molecular weight excluding hydrogens is 204 g/mol. The number of aliphatic hydroxyl groups excluding tert-OH is 4. The predicted octanol–water partition coefficient (Wildman–Crippen LogP) is -2.74. The second kappa shape index (κ2) is 3.76. The highest BCUT2D eigenvalue weighted by Gasteiger charge is 2.56. The number of fused-ring (bicyclic) bond motifs is 1. The van der Waals surface area contributed by atoms with Crippen molar-refractivity contribution in [1.29, 1.82) is 0 Å². The Morgan fingerprint density at radius 1 is 1.20 bits per heavy atom. The van der Waals surface area contributed by atoms with Gasteiger partial charge in [0.05, 0.1) is 37.0 Å². The van der Waals surface area contributed by atoms with Gasteiger partial charge in [-0.2, -0.15) is 4.91 Å². The summed E-state index contributed by atoms with van der Waals surface area (Å²) < 4.78 is 0. The average Bonchev–Trinajstić information content (AvgIpc) is 2.66. The molecule has 0 saturated carbocycles. The quantitative estimate of drug-likeness (QED) is 0.374. The summed E-state index contributed by atoms with van der Waals surface area (Å²) >= 11 is 0. The Morgan fingerprint density at radius 2 is 1.87 bits per heavy atom. The third kappa shape index (κ3) is 1.39. The van der Waals surface area contributed by atoms with Crippen LogP contribution in [0.15, 0.2) is 5.18 Å². The fourth-order valence-corrected chi connectivity index (χ4v) is 2.56. The van der Waals surface area contributed by atoms with Crippen LogP contribution in [0.5, 0.6) is 0 Å². The van der Waals surface area contributed by atoms with Crippen molar-refractivity contribution in [3.63, 3.8) is 0 Å². The number of nitroso groups, excluding NO2 is 1. The van der Waals surface area contributed by atoms with Gasteiger partial charge < -0.3 is 20.4 Å². The number of rotatable bonds is 2. The summed E-state index contributed by atoms with van der Waals surface area (Å²) in [5, 5.41) is 40.7. The molecule has 2 fully saturated rings. The lowest BCUT2D eigenvalue weighted by molar-refractivity contribution is -0.00332. The van der Waals surface area contributed by atoms with Gasteiger partial charge >= 0.3 is 0 Å². The Labute approximate surface area is 85.9 Å². The molecular formula is C8H14N2O5. The number of nitrogens with zero attached hydrogens (tertiary/aromatic N) is 2. The lowest BCUT2D eigenvalue weighted by Crippen LogP contribution is -2.41. The van der Waals surface area contributed by atoms with Crippen LogP contribution in [0.3, 0.4) is 0 Å². The molecule has 0 aromatic rings. The third-order valence-corrected chi connectivity index (χ3v) is 3.37. The molecule has 2 aliphatic rings. The van der Waals surface area contributed by atoms with Crippen LogP contribution >= 0.6 is 0 Å². The highest BCUT2D eigenvalue weighted by Crippen LogP contribution is 2.34. The minimum absolute atomic E-state index is 0.161. The van der Waals surface area contributed by atoms with E-state index in [9.17, 15) is 20.2 Å². The van der Waals surface area contributed by atoms with Crippen LogP contribution in [0.2, 0.25) is 0 Å². The van der Waals surface area contributed by atoms with Gasteiger partial charge in [-0.15, -0.1) is 0 Å². The highest BCUT2D eigenvalue weighted by molar-refractivity contribution is 5.11. The van der Waals surface area contributed by atoms with Crippen molar-refractivity contribution in [2.24, 2.45) is 5.18 Å². The van der Waals surface area contributed by atoms with Gasteiger partial charge in [-0.1, -0.05) is 5.18 Å². The lowest BCUT2D eigenvalue weighted by Gasteiger charge is -2.22. The molecule has 0 unspecified atom stereocenters. The Kier molecular flexibility index (Phi) is 2.73. The van der Waals surface area contributed by atoms with E-state index in [0.29, 0.717) is 0 Å². The van der Waals surface area contributed by atoms with E-state index in [1.54, 1.807) is 4.90 Å². The molecule has 0 aliphatic carbocycles. The van der Waals surface area contributed by atoms with Gasteiger partial charge in [0.2, 0.25) is 0 Å². The van der Waals surface area contributed by atoms with Gasteiger partial charge in [0.15, 0.2) is 0 Å². The van der Waals surface area contributed by atoms with E-state index in [4.69, 9.17) is 5.11 Å². The summed E-state index contributed by atoms with van der Waals surface area (Å²) in [6.45, 7) is -0.165. The van der Waals surface area contributed by atoms with Crippen LogP contribution in [0.25, 0.3) is 0 Å². The molecule has 0 radical (unpaired) electrons. The SMILES string of the molecule is O=N[C@H]1CN2[C@@H]([C@@H](O)[C@H](O)[C@H]2CO)[C@@H]1O. The maximum atomic E-state index is 10.4. The van der Waals surface area contributed by atoms with Crippen LogP contribution in [0.4, 0.5) is 0 Å². The van der Waals surface area contributed by atoms with Crippen molar-refractivity contribution in [2.45, 2.75) is 36.4 Å². The zero-order chi connectivity index (χ0) is 11.2. The van der Waals surface area contributed by atoms with E-state index in [1.165, 1.54) is 0 Å². The molecule has 4 N–H and O–H groups in total. The Balaban J connectivity index is 2.22. The first kappa shape index (κ1) is 10.9. The zero-order valence-corrected chi connectivity index (χ0v) is 7.97. The normalized spacial score (nSPS) is 50.7. The van der Waals surface area contributed by atoms with Crippen molar-refractivity contribution in [2.75, 3.05) is 13.2 Å². The maximum Gasteiger partial charge on any atom is 0.132 e. The Bertz CT molecular complexity index is 263. The topological polar surface area (TPSA) is 114 Å². The van der Waals surface area contributed by atoms with E-state index in [0.717, 1.165) is 0 Å². The first-order valence-corrected chi connectivity index (χ1v) is 4.85. The molecule has 2 heterocycles. The maximum absolute atomic E-state index is 10.4. The van der Waals surface area contributed by atoms with Gasteiger partial charge in [-0.3, -0.25) is 4.90 Å². The molecule has 15 heavy (non-hydrogen) atoms. The van der Waals surface area contributed by atoms with Crippen molar-refractivity contribution in [3.8, 4) is 0 Å². The van der Waals surface area contributed by atoms with Crippen molar-refractivity contribution in [1.82, 2.24) is 4.90 Å². The van der Waals surface area contributed by atoms with Gasteiger partial charge in [0.1, 0.15) is 6.04 Å². The molecule has 0 bridgehead atoms. The molecule has 2 aliphatic heterocycles. The van der Waals surface area contributed by atoms with Crippen LogP contribution in [-0.4, -0.2) is 74.9 Å². The minimum atomic E-state index is -1.15. The number of hydrogen-bond acceptors (Lipinski definition) is 7. The average molecular weight is 218 g/mol. The van der Waals surface area contributed by atoms with Crippen molar-refractivity contribution >= 4 is 0 Å². The molecule has 0 amide bonds. The number of aliphatic hydroxyl groups is 4. The Hall–Kier alpha value is -0.600. The van der Waals surface area contributed by atoms with Gasteiger partial charge in [-0.05, 0) is 0 Å². The molecule has 7 nitrogen and oxygen atoms in total. The minimum Gasteiger partial charge on any atom is -0.395 e. The van der Waals surface area contributed by atoms with E-state index < -0.39 is 36.4 Å². The fraction of sp³-hybridized carbons (Fsp3) is 1.00. The summed E-state index contributed by atoms with van der Waals surface area (Å²) in [5.41, 5.74) is 0. The molecule has 86 valence electrons. The van der Waals surface area contributed by atoms with E-state index in [1.807, 2.05) is 0 Å². The first-order chi connectivity index (χ1) is 7.11. The summed E-state index contributed by atoms with van der Waals surface area (Å²) in [4.78, 5) is 11.9. The van der Waals surface area contributed by atoms with E-state index in [2.05, 4.69) is 5.18 Å². The number of hydrogen-bond donors (Lipinski definition) is 4. The Morgan fingerprint density at radius 3 is 2.40 bits per heavy atom. The standard InChI is InChI=1S/C8H14N2O5/c11-2-4-7(13)8(14)5-6(12)3(9-15)1-10(4)5/h3-8,11-14H,1-2H2/t3-,4+,5+,6+,7+,8+/m0/s1. The third-order valence-electron chi connectivity index (χ3n) is 3.37. The molecule has 6 atom stereocenters.